The van der Waals surface area contributed by atoms with Gasteiger partial charge in [0.2, 0.25) is 0 Å². The molecule has 7 heteroatoms. The van der Waals surface area contributed by atoms with E-state index in [4.69, 9.17) is 4.42 Å². The molecule has 1 aliphatic rings. The second-order valence-corrected chi connectivity index (χ2v) is 6.83. The van der Waals surface area contributed by atoms with Gasteiger partial charge in [-0.25, -0.2) is 4.98 Å². The fourth-order valence-electron chi connectivity index (χ4n) is 3.74. The van der Waals surface area contributed by atoms with Crippen LogP contribution >= 0.6 is 0 Å². The van der Waals surface area contributed by atoms with Gasteiger partial charge in [-0.3, -0.25) is 14.9 Å². The third-order valence-electron chi connectivity index (χ3n) is 5.14. The second kappa shape index (κ2) is 6.56. The predicted molar refractivity (Wildman–Crippen MR) is 108 cm³/mol. The topological polar surface area (TPSA) is 89.5 Å². The van der Waals surface area contributed by atoms with Crippen LogP contribution in [0, 0.1) is 10.1 Å². The van der Waals surface area contributed by atoms with E-state index in [0.29, 0.717) is 41.2 Å². The van der Waals surface area contributed by atoms with Crippen LogP contribution in [0.25, 0.3) is 22.4 Å². The van der Waals surface area contributed by atoms with E-state index in [1.165, 1.54) is 12.1 Å². The molecular formula is C22H15N3O4. The summed E-state index contributed by atoms with van der Waals surface area (Å²) in [4.78, 5) is 30.5. The Morgan fingerprint density at radius 2 is 1.97 bits per heavy atom. The molecule has 0 atom stereocenters. The molecule has 4 aromatic rings. The van der Waals surface area contributed by atoms with Crippen LogP contribution in [-0.4, -0.2) is 22.4 Å². The number of aromatic nitrogens is 1. The third-order valence-corrected chi connectivity index (χ3v) is 5.14. The van der Waals surface area contributed by atoms with Crippen LogP contribution < -0.4 is 4.90 Å². The minimum atomic E-state index is -0.446. The molecule has 2 aromatic heterocycles. The number of hydrogen-bond donors (Lipinski definition) is 0. The number of para-hydroxylation sites is 1. The number of anilines is 1. The van der Waals surface area contributed by atoms with Gasteiger partial charge >= 0.3 is 0 Å². The summed E-state index contributed by atoms with van der Waals surface area (Å²) >= 11 is 0. The maximum atomic E-state index is 13.5. The van der Waals surface area contributed by atoms with E-state index in [1.54, 1.807) is 35.4 Å². The number of fused-ring (bicyclic) bond motifs is 2. The zero-order valence-corrected chi connectivity index (χ0v) is 15.2. The fourth-order valence-corrected chi connectivity index (χ4v) is 3.74. The normalized spacial score (nSPS) is 12.9. The highest BCUT2D eigenvalue weighted by Crippen LogP contribution is 2.34. The van der Waals surface area contributed by atoms with E-state index in [9.17, 15) is 14.9 Å². The monoisotopic (exact) mass is 385 g/mol. The molecule has 142 valence electrons. The number of carbonyl (C=O) groups is 1. The summed E-state index contributed by atoms with van der Waals surface area (Å²) in [5, 5.41) is 11.9. The number of carbonyl (C=O) groups excluding carboxylic acids is 1. The van der Waals surface area contributed by atoms with Crippen molar-refractivity contribution in [1.82, 2.24) is 4.98 Å². The minimum Gasteiger partial charge on any atom is -0.463 e. The lowest BCUT2D eigenvalue weighted by molar-refractivity contribution is -0.384. The Bertz CT molecular complexity index is 1260. The Kier molecular flexibility index (Phi) is 3.87. The number of nitro groups is 1. The van der Waals surface area contributed by atoms with E-state index in [0.717, 1.165) is 10.9 Å². The van der Waals surface area contributed by atoms with Gasteiger partial charge in [-0.15, -0.1) is 0 Å². The number of nitro benzene ring substituents is 1. The molecule has 0 unspecified atom stereocenters. The zero-order valence-electron chi connectivity index (χ0n) is 15.2. The fraction of sp³-hybridized carbons (Fsp3) is 0.0909. The van der Waals surface area contributed by atoms with Gasteiger partial charge in [-0.1, -0.05) is 24.3 Å². The Labute approximate surface area is 165 Å². The van der Waals surface area contributed by atoms with Crippen molar-refractivity contribution in [3.8, 4) is 11.5 Å². The summed E-state index contributed by atoms with van der Waals surface area (Å²) < 4.78 is 5.46. The molecule has 0 aliphatic carbocycles. The molecule has 0 radical (unpaired) electrons. The highest BCUT2D eigenvalue weighted by Gasteiger charge is 2.29. The maximum Gasteiger partial charge on any atom is 0.271 e. The molecule has 1 aliphatic heterocycles. The molecule has 5 rings (SSSR count). The highest BCUT2D eigenvalue weighted by molar-refractivity contribution is 6.15. The standard InChI is InChI=1S/C22H15N3O4/c26-22(24-10-9-14-7-8-15(25(27)28)12-20(14)24)17-13-19(21-6-3-11-29-21)23-18-5-2-1-4-16(17)18/h1-8,11-13H,9-10H2. The summed E-state index contributed by atoms with van der Waals surface area (Å²) in [5.41, 5.74) is 3.22. The van der Waals surface area contributed by atoms with Crippen LogP contribution in [-0.2, 0) is 6.42 Å². The molecule has 3 heterocycles. The first-order chi connectivity index (χ1) is 14.1. The van der Waals surface area contributed by atoms with Crippen molar-refractivity contribution in [3.63, 3.8) is 0 Å². The van der Waals surface area contributed by atoms with E-state index >= 15 is 0 Å². The molecule has 29 heavy (non-hydrogen) atoms. The van der Waals surface area contributed by atoms with Gasteiger partial charge in [0.1, 0.15) is 5.69 Å². The number of furan rings is 1. The Hall–Kier alpha value is -4.00. The smallest absolute Gasteiger partial charge is 0.271 e. The van der Waals surface area contributed by atoms with E-state index in [2.05, 4.69) is 4.98 Å². The second-order valence-electron chi connectivity index (χ2n) is 6.83. The first kappa shape index (κ1) is 17.1. The van der Waals surface area contributed by atoms with Crippen molar-refractivity contribution >= 4 is 28.2 Å². The van der Waals surface area contributed by atoms with Crippen LogP contribution in [0.5, 0.6) is 0 Å². The van der Waals surface area contributed by atoms with Crippen molar-refractivity contribution in [2.75, 3.05) is 11.4 Å². The molecule has 0 N–H and O–H groups in total. The maximum absolute atomic E-state index is 13.5. The number of hydrogen-bond acceptors (Lipinski definition) is 5. The van der Waals surface area contributed by atoms with Gasteiger partial charge in [0.25, 0.3) is 11.6 Å². The first-order valence-electron chi connectivity index (χ1n) is 9.14. The van der Waals surface area contributed by atoms with Crippen LogP contribution in [0.1, 0.15) is 15.9 Å². The summed E-state index contributed by atoms with van der Waals surface area (Å²) in [6, 6.07) is 17.4. The van der Waals surface area contributed by atoms with Gasteiger partial charge in [0, 0.05) is 24.1 Å². The van der Waals surface area contributed by atoms with Crippen molar-refractivity contribution in [1.29, 1.82) is 0 Å². The molecule has 0 saturated carbocycles. The summed E-state index contributed by atoms with van der Waals surface area (Å²) in [6.07, 6.45) is 2.22. The molecule has 0 bridgehead atoms. The summed E-state index contributed by atoms with van der Waals surface area (Å²) in [5.74, 6) is 0.359. The Morgan fingerprint density at radius 3 is 2.76 bits per heavy atom. The first-order valence-corrected chi connectivity index (χ1v) is 9.14. The Balaban J connectivity index is 1.65. The van der Waals surface area contributed by atoms with Crippen LogP contribution in [0.3, 0.4) is 0 Å². The molecule has 7 nitrogen and oxygen atoms in total. The molecule has 1 amide bonds. The van der Waals surface area contributed by atoms with Gasteiger partial charge in [-0.2, -0.15) is 0 Å². The van der Waals surface area contributed by atoms with Gasteiger partial charge in [0.15, 0.2) is 5.76 Å². The summed E-state index contributed by atoms with van der Waals surface area (Å²) in [6.45, 7) is 0.474. The lowest BCUT2D eigenvalue weighted by atomic mass is 10.1. The number of pyridine rings is 1. The predicted octanol–water partition coefficient (Wildman–Crippen LogP) is 4.61. The van der Waals surface area contributed by atoms with Gasteiger partial charge in [-0.05, 0) is 36.2 Å². The average Bonchev–Trinajstić information content (AvgIpc) is 3.42. The highest BCUT2D eigenvalue weighted by atomic mass is 16.6. The van der Waals surface area contributed by atoms with Crippen LogP contribution in [0.2, 0.25) is 0 Å². The molecule has 2 aromatic carbocycles. The summed E-state index contributed by atoms with van der Waals surface area (Å²) in [7, 11) is 0. The molecular weight excluding hydrogens is 370 g/mol. The van der Waals surface area contributed by atoms with Gasteiger partial charge in [0.05, 0.1) is 28.0 Å². The van der Waals surface area contributed by atoms with Gasteiger partial charge < -0.3 is 9.32 Å². The van der Waals surface area contributed by atoms with E-state index in [1.807, 2.05) is 24.3 Å². The number of non-ortho nitro benzene ring substituents is 1. The SMILES string of the molecule is O=C(c1cc(-c2ccco2)nc2ccccc12)N1CCc2ccc([N+](=O)[O-])cc21. The molecule has 0 saturated heterocycles. The van der Waals surface area contributed by atoms with E-state index < -0.39 is 4.92 Å². The third kappa shape index (κ3) is 2.84. The molecule has 0 spiro atoms. The average molecular weight is 385 g/mol. The Morgan fingerprint density at radius 1 is 1.10 bits per heavy atom. The lowest BCUT2D eigenvalue weighted by Gasteiger charge is -2.19. The number of nitrogens with zero attached hydrogens (tertiary/aromatic N) is 3. The molecule has 0 fully saturated rings. The lowest BCUT2D eigenvalue weighted by Crippen LogP contribution is -2.29. The quantitative estimate of drug-likeness (QED) is 0.380. The number of rotatable bonds is 3. The van der Waals surface area contributed by atoms with Crippen molar-refractivity contribution < 1.29 is 14.1 Å². The van der Waals surface area contributed by atoms with Crippen molar-refractivity contribution in [2.24, 2.45) is 0 Å². The van der Waals surface area contributed by atoms with Crippen LogP contribution in [0.15, 0.2) is 71.3 Å². The zero-order chi connectivity index (χ0) is 20.0. The minimum absolute atomic E-state index is 0.0284. The van der Waals surface area contributed by atoms with Crippen molar-refractivity contribution in [2.45, 2.75) is 6.42 Å². The largest absolute Gasteiger partial charge is 0.463 e. The van der Waals surface area contributed by atoms with Crippen molar-refractivity contribution in [3.05, 3.63) is 88.2 Å². The number of benzene rings is 2. The van der Waals surface area contributed by atoms with Crippen LogP contribution in [0.4, 0.5) is 11.4 Å². The number of amides is 1. The van der Waals surface area contributed by atoms with E-state index in [-0.39, 0.29) is 11.6 Å².